The van der Waals surface area contributed by atoms with Crippen molar-refractivity contribution < 1.29 is 24.6 Å². The molecule has 1 aliphatic rings. The molecule has 0 aromatic heterocycles. The van der Waals surface area contributed by atoms with Gasteiger partial charge in [-0.25, -0.2) is 0 Å². The summed E-state index contributed by atoms with van der Waals surface area (Å²) in [6, 6.07) is 0. The first-order valence-electron chi connectivity index (χ1n) is 5.78. The summed E-state index contributed by atoms with van der Waals surface area (Å²) in [6.07, 6.45) is 0. The molecule has 1 atom stereocenters. The second-order valence-corrected chi connectivity index (χ2v) is 6.49. The molecule has 1 unspecified atom stereocenters. The fourth-order valence-electron chi connectivity index (χ4n) is 0.654. The Labute approximate surface area is 119 Å². The fraction of sp³-hybridized carbons (Fsp3) is 1.00. The Morgan fingerprint density at radius 1 is 1.00 bits per heavy atom. The highest BCUT2D eigenvalue weighted by molar-refractivity contribution is 7.50. The van der Waals surface area contributed by atoms with E-state index in [0.29, 0.717) is 0 Å². The molecule has 1 rings (SSSR count). The first kappa shape index (κ1) is 24.4. The summed E-state index contributed by atoms with van der Waals surface area (Å²) in [5.74, 6) is 0. The second-order valence-electron chi connectivity index (χ2n) is 4.82. The molecule has 1 heterocycles. The molecule has 1 fully saturated rings. The van der Waals surface area contributed by atoms with Crippen LogP contribution in [0.15, 0.2) is 0 Å². The molecule has 0 saturated carbocycles. The van der Waals surface area contributed by atoms with Crippen molar-refractivity contribution in [1.29, 1.82) is 0 Å². The van der Waals surface area contributed by atoms with Gasteiger partial charge in [0, 0.05) is 38.3 Å². The summed E-state index contributed by atoms with van der Waals surface area (Å²) in [7, 11) is -3.64. The van der Waals surface area contributed by atoms with E-state index in [2.05, 4.69) is 10.6 Å². The van der Waals surface area contributed by atoms with Crippen LogP contribution in [0, 0.1) is 5.41 Å². The van der Waals surface area contributed by atoms with Crippen LogP contribution in [0.2, 0.25) is 0 Å². The minimum absolute atomic E-state index is 0. The van der Waals surface area contributed by atoms with Crippen LogP contribution in [0.5, 0.6) is 0 Å². The predicted molar refractivity (Wildman–Crippen MR) is 82.8 cm³/mol. The van der Waals surface area contributed by atoms with Gasteiger partial charge in [-0.1, -0.05) is 13.8 Å². The number of hydrogen-bond donors (Lipinski definition) is 6. The number of aliphatic hydroxyl groups excluding tert-OH is 2. The lowest BCUT2D eigenvalue weighted by Gasteiger charge is -2.16. The highest BCUT2D eigenvalue weighted by Gasteiger charge is 2.13. The van der Waals surface area contributed by atoms with Gasteiger partial charge in [-0.05, 0) is 0 Å². The lowest BCUT2D eigenvalue weighted by Crippen LogP contribution is -2.39. The van der Waals surface area contributed by atoms with Crippen molar-refractivity contribution in [3.63, 3.8) is 0 Å². The van der Waals surface area contributed by atoms with Gasteiger partial charge in [-0.2, -0.15) is 9.90 Å². The predicted octanol–water partition coefficient (Wildman–Crippen LogP) is -0.972. The molecule has 0 aromatic carbocycles. The average Bonchev–Trinajstić information content (AvgIpc) is 2.30. The minimum Gasteiger partial charge on any atom is -0.396 e. The summed E-state index contributed by atoms with van der Waals surface area (Å²) in [6.45, 7) is 9.10. The largest absolute Gasteiger partial charge is 0.396 e. The highest BCUT2D eigenvalue weighted by atomic mass is 31.2. The third kappa shape index (κ3) is 32.2. The summed E-state index contributed by atoms with van der Waals surface area (Å²) in [5, 5.41) is 23.3. The molecular formula is C10H30N2O5P2. The molecule has 0 spiro atoms. The van der Waals surface area contributed by atoms with E-state index in [-0.39, 0.29) is 28.5 Å². The van der Waals surface area contributed by atoms with Gasteiger partial charge in [-0.15, -0.1) is 0 Å². The van der Waals surface area contributed by atoms with Gasteiger partial charge < -0.3 is 30.6 Å². The lowest BCUT2D eigenvalue weighted by molar-refractivity contribution is 0.0857. The van der Waals surface area contributed by atoms with Crippen LogP contribution in [0.3, 0.4) is 0 Å². The van der Waals surface area contributed by atoms with Crippen molar-refractivity contribution in [2.24, 2.45) is 5.41 Å². The van der Waals surface area contributed by atoms with Crippen LogP contribution in [0.1, 0.15) is 13.8 Å². The zero-order valence-electron chi connectivity index (χ0n) is 12.1. The van der Waals surface area contributed by atoms with E-state index in [9.17, 15) is 4.57 Å². The van der Waals surface area contributed by atoms with E-state index in [1.165, 1.54) is 0 Å². The molecule has 0 bridgehead atoms. The van der Waals surface area contributed by atoms with Gasteiger partial charge in [0.15, 0.2) is 0 Å². The van der Waals surface area contributed by atoms with Gasteiger partial charge in [0.05, 0.1) is 13.2 Å². The van der Waals surface area contributed by atoms with Crippen LogP contribution in [-0.2, 0) is 4.57 Å². The van der Waals surface area contributed by atoms with Crippen molar-refractivity contribution in [2.75, 3.05) is 46.1 Å². The molecule has 0 aromatic rings. The Morgan fingerprint density at radius 2 is 1.21 bits per heavy atom. The summed E-state index contributed by atoms with van der Waals surface area (Å²) in [4.78, 5) is 15.3. The SMILES string of the molecule is C1CNCCN1.CC(C)(CO)CO.CP(=O)(O)O.P. The van der Waals surface area contributed by atoms with Crippen molar-refractivity contribution in [3.05, 3.63) is 0 Å². The maximum atomic E-state index is 9.33. The van der Waals surface area contributed by atoms with E-state index < -0.39 is 7.60 Å². The first-order valence-corrected chi connectivity index (χ1v) is 7.84. The lowest BCUT2D eigenvalue weighted by atomic mass is 9.97. The molecule has 1 saturated heterocycles. The quantitative estimate of drug-likeness (QED) is 0.362. The van der Waals surface area contributed by atoms with Gasteiger partial charge in [0.2, 0.25) is 0 Å². The van der Waals surface area contributed by atoms with Crippen LogP contribution in [-0.4, -0.2) is 66.1 Å². The summed E-state index contributed by atoms with van der Waals surface area (Å²) < 4.78 is 9.33. The van der Waals surface area contributed by atoms with Crippen LogP contribution < -0.4 is 10.6 Å². The van der Waals surface area contributed by atoms with E-state index in [1.54, 1.807) is 13.8 Å². The number of piperazine rings is 1. The second kappa shape index (κ2) is 13.4. The molecule has 9 heteroatoms. The third-order valence-corrected chi connectivity index (χ3v) is 1.81. The molecule has 0 radical (unpaired) electrons. The molecule has 0 aliphatic carbocycles. The molecule has 7 nitrogen and oxygen atoms in total. The minimum atomic E-state index is -3.64. The maximum absolute atomic E-state index is 9.33. The van der Waals surface area contributed by atoms with E-state index in [1.807, 2.05) is 0 Å². The van der Waals surface area contributed by atoms with Crippen molar-refractivity contribution >= 4 is 17.5 Å². The topological polar surface area (TPSA) is 122 Å². The maximum Gasteiger partial charge on any atom is 0.322 e. The van der Waals surface area contributed by atoms with Gasteiger partial charge in [0.25, 0.3) is 0 Å². The normalized spacial score (nSPS) is 15.1. The van der Waals surface area contributed by atoms with Crippen molar-refractivity contribution in [2.45, 2.75) is 13.8 Å². The highest BCUT2D eigenvalue weighted by Crippen LogP contribution is 2.26. The standard InChI is InChI=1S/C5H12O2.C4H10N2.CH5O3P.H3P/c1-5(2,3-6)4-7;1-2-6-4-3-5-1;1-5(2,3)4;/h6-7H,3-4H2,1-2H3;5-6H,1-4H2;1H3,(H2,2,3,4);1H3. The molecule has 19 heavy (non-hydrogen) atoms. The van der Waals surface area contributed by atoms with Crippen molar-refractivity contribution in [1.82, 2.24) is 10.6 Å². The average molecular weight is 320 g/mol. The summed E-state index contributed by atoms with van der Waals surface area (Å²) >= 11 is 0. The number of rotatable bonds is 2. The van der Waals surface area contributed by atoms with Crippen LogP contribution in [0.4, 0.5) is 0 Å². The number of aliphatic hydroxyl groups is 2. The number of nitrogens with one attached hydrogen (secondary N) is 2. The number of hydrogen-bond acceptors (Lipinski definition) is 5. The van der Waals surface area contributed by atoms with E-state index >= 15 is 0 Å². The monoisotopic (exact) mass is 320 g/mol. The van der Waals surface area contributed by atoms with E-state index in [4.69, 9.17) is 20.0 Å². The Kier molecular flexibility index (Phi) is 17.2. The van der Waals surface area contributed by atoms with Crippen LogP contribution in [0.25, 0.3) is 0 Å². The molecule has 0 amide bonds. The third-order valence-electron chi connectivity index (χ3n) is 1.81. The fourth-order valence-corrected chi connectivity index (χ4v) is 0.654. The van der Waals surface area contributed by atoms with Crippen molar-refractivity contribution in [3.8, 4) is 0 Å². The molecule has 1 aliphatic heterocycles. The smallest absolute Gasteiger partial charge is 0.322 e. The van der Waals surface area contributed by atoms with Gasteiger partial charge in [0.1, 0.15) is 0 Å². The summed E-state index contributed by atoms with van der Waals surface area (Å²) in [5.41, 5.74) is -0.306. The molecule has 6 N–H and O–H groups in total. The van der Waals surface area contributed by atoms with Crippen LogP contribution >= 0.6 is 17.5 Å². The molecular weight excluding hydrogens is 290 g/mol. The Bertz CT molecular complexity index is 206. The zero-order chi connectivity index (χ0) is 14.7. The Balaban J connectivity index is -0.000000200. The Morgan fingerprint density at radius 3 is 1.26 bits per heavy atom. The zero-order valence-corrected chi connectivity index (χ0v) is 14.4. The van der Waals surface area contributed by atoms with E-state index in [0.717, 1.165) is 32.8 Å². The Hall–Kier alpha value is 0.420. The van der Waals surface area contributed by atoms with Gasteiger partial charge >= 0.3 is 7.60 Å². The molecule has 120 valence electrons. The van der Waals surface area contributed by atoms with Gasteiger partial charge in [-0.3, -0.25) is 4.57 Å². The first-order chi connectivity index (χ1) is 8.12.